The van der Waals surface area contributed by atoms with Crippen molar-refractivity contribution in [1.29, 1.82) is 0 Å². The average Bonchev–Trinajstić information content (AvgIpc) is 2.84. The van der Waals surface area contributed by atoms with Gasteiger partial charge in [-0.2, -0.15) is 0 Å². The van der Waals surface area contributed by atoms with Crippen LogP contribution in [-0.4, -0.2) is 34.6 Å². The van der Waals surface area contributed by atoms with Crippen LogP contribution in [-0.2, 0) is 11.3 Å². The molecule has 1 aliphatic heterocycles. The molecule has 0 amide bonds. The minimum absolute atomic E-state index is 0.0604. The van der Waals surface area contributed by atoms with Crippen molar-refractivity contribution in [1.82, 2.24) is 4.90 Å². The molecular formula is C16H22N2O2. The lowest BCUT2D eigenvalue weighted by Gasteiger charge is -2.49. The molecule has 3 rings (SSSR count). The van der Waals surface area contributed by atoms with E-state index >= 15 is 0 Å². The number of aliphatic carboxylic acids is 1. The Balaban J connectivity index is 1.77. The van der Waals surface area contributed by atoms with Gasteiger partial charge in [0.2, 0.25) is 0 Å². The molecule has 2 aliphatic rings. The molecule has 0 radical (unpaired) electrons. The fourth-order valence-corrected chi connectivity index (χ4v) is 3.92. The van der Waals surface area contributed by atoms with Gasteiger partial charge in [-0.1, -0.05) is 30.3 Å². The zero-order valence-corrected chi connectivity index (χ0v) is 11.7. The Hall–Kier alpha value is -1.39. The molecule has 1 unspecified atom stereocenters. The quantitative estimate of drug-likeness (QED) is 0.879. The van der Waals surface area contributed by atoms with Crippen molar-refractivity contribution in [2.45, 2.75) is 44.3 Å². The predicted molar refractivity (Wildman–Crippen MR) is 77.2 cm³/mol. The molecule has 0 spiro atoms. The first-order chi connectivity index (χ1) is 9.62. The van der Waals surface area contributed by atoms with Crippen LogP contribution >= 0.6 is 0 Å². The van der Waals surface area contributed by atoms with Gasteiger partial charge in [-0.3, -0.25) is 9.69 Å². The molecule has 0 bridgehead atoms. The Morgan fingerprint density at radius 2 is 2.05 bits per heavy atom. The predicted octanol–water partition coefficient (Wildman–Crippen LogP) is 1.84. The van der Waals surface area contributed by atoms with Crippen LogP contribution in [0.1, 0.15) is 31.2 Å². The van der Waals surface area contributed by atoms with Crippen LogP contribution in [0.15, 0.2) is 30.3 Å². The van der Waals surface area contributed by atoms with Crippen molar-refractivity contribution in [3.8, 4) is 0 Å². The smallest absolute Gasteiger partial charge is 0.311 e. The highest BCUT2D eigenvalue weighted by molar-refractivity contribution is 5.77. The van der Waals surface area contributed by atoms with Crippen LogP contribution in [0.3, 0.4) is 0 Å². The van der Waals surface area contributed by atoms with Gasteiger partial charge in [0, 0.05) is 18.6 Å². The van der Waals surface area contributed by atoms with Crippen LogP contribution in [0.4, 0.5) is 0 Å². The van der Waals surface area contributed by atoms with Gasteiger partial charge >= 0.3 is 5.97 Å². The number of hydrogen-bond acceptors (Lipinski definition) is 3. The third-order valence-electron chi connectivity index (χ3n) is 4.91. The minimum atomic E-state index is -0.663. The molecule has 1 saturated heterocycles. The minimum Gasteiger partial charge on any atom is -0.481 e. The lowest BCUT2D eigenvalue weighted by atomic mass is 9.60. The van der Waals surface area contributed by atoms with E-state index in [0.717, 1.165) is 25.9 Å². The Morgan fingerprint density at radius 3 is 2.65 bits per heavy atom. The number of benzene rings is 1. The lowest BCUT2D eigenvalue weighted by Crippen LogP contribution is -2.60. The molecule has 0 aromatic heterocycles. The van der Waals surface area contributed by atoms with Crippen LogP contribution in [0, 0.1) is 5.41 Å². The third kappa shape index (κ3) is 2.23. The number of nitrogens with two attached hydrogens (primary N) is 1. The second-order valence-electron chi connectivity index (χ2n) is 6.24. The topological polar surface area (TPSA) is 66.6 Å². The van der Waals surface area contributed by atoms with E-state index in [1.807, 2.05) is 18.2 Å². The summed E-state index contributed by atoms with van der Waals surface area (Å²) in [5.74, 6) is -0.663. The maximum absolute atomic E-state index is 11.8. The molecule has 1 heterocycles. The zero-order chi connectivity index (χ0) is 14.2. The summed E-state index contributed by atoms with van der Waals surface area (Å²) in [5, 5.41) is 9.66. The number of carboxylic acids is 1. The SMILES string of the molecule is NC1CC(C(=O)O)(C2CCCN2Cc2ccccc2)C1. The molecule has 1 saturated carbocycles. The molecule has 1 aromatic carbocycles. The molecule has 2 fully saturated rings. The van der Waals surface area contributed by atoms with Crippen molar-refractivity contribution >= 4 is 5.97 Å². The summed E-state index contributed by atoms with van der Waals surface area (Å²) < 4.78 is 0. The van der Waals surface area contributed by atoms with Crippen molar-refractivity contribution in [3.63, 3.8) is 0 Å². The molecule has 4 heteroatoms. The molecule has 1 aromatic rings. The summed E-state index contributed by atoms with van der Waals surface area (Å²) in [5.41, 5.74) is 6.52. The van der Waals surface area contributed by atoms with Gasteiger partial charge in [-0.15, -0.1) is 0 Å². The van der Waals surface area contributed by atoms with Gasteiger partial charge in [0.1, 0.15) is 0 Å². The normalized spacial score (nSPS) is 33.9. The van der Waals surface area contributed by atoms with Crippen molar-refractivity contribution in [2.75, 3.05) is 6.54 Å². The lowest BCUT2D eigenvalue weighted by molar-refractivity contribution is -0.162. The van der Waals surface area contributed by atoms with Gasteiger partial charge in [0.25, 0.3) is 0 Å². The maximum atomic E-state index is 11.8. The molecule has 108 valence electrons. The summed E-state index contributed by atoms with van der Waals surface area (Å²) in [6, 6.07) is 10.5. The van der Waals surface area contributed by atoms with Crippen LogP contribution in [0.5, 0.6) is 0 Å². The standard InChI is InChI=1S/C16H22N2O2/c17-13-9-16(10-13,15(19)20)14-7-4-8-18(14)11-12-5-2-1-3-6-12/h1-3,5-6,13-14H,4,7-11,17H2,(H,19,20). The van der Waals surface area contributed by atoms with E-state index in [2.05, 4.69) is 17.0 Å². The molecule has 20 heavy (non-hydrogen) atoms. The number of carboxylic acid groups (broad SMARTS) is 1. The van der Waals surface area contributed by atoms with Gasteiger partial charge < -0.3 is 10.8 Å². The van der Waals surface area contributed by atoms with E-state index in [9.17, 15) is 9.90 Å². The largest absolute Gasteiger partial charge is 0.481 e. The first-order valence-electron chi connectivity index (χ1n) is 7.39. The van der Waals surface area contributed by atoms with Gasteiger partial charge in [-0.25, -0.2) is 0 Å². The van der Waals surface area contributed by atoms with E-state index in [1.165, 1.54) is 5.56 Å². The van der Waals surface area contributed by atoms with E-state index in [-0.39, 0.29) is 12.1 Å². The van der Waals surface area contributed by atoms with Crippen molar-refractivity contribution in [3.05, 3.63) is 35.9 Å². The highest BCUT2D eigenvalue weighted by Gasteiger charge is 2.56. The van der Waals surface area contributed by atoms with Crippen LogP contribution in [0.25, 0.3) is 0 Å². The van der Waals surface area contributed by atoms with E-state index < -0.39 is 11.4 Å². The van der Waals surface area contributed by atoms with Gasteiger partial charge in [0.15, 0.2) is 0 Å². The summed E-state index contributed by atoms with van der Waals surface area (Å²) >= 11 is 0. The summed E-state index contributed by atoms with van der Waals surface area (Å²) in [6.07, 6.45) is 3.31. The highest BCUT2D eigenvalue weighted by atomic mass is 16.4. The molecule has 1 aliphatic carbocycles. The molecule has 4 nitrogen and oxygen atoms in total. The van der Waals surface area contributed by atoms with Gasteiger partial charge in [0.05, 0.1) is 5.41 Å². The number of likely N-dealkylation sites (tertiary alicyclic amines) is 1. The van der Waals surface area contributed by atoms with Crippen molar-refractivity contribution < 1.29 is 9.90 Å². The second-order valence-corrected chi connectivity index (χ2v) is 6.24. The highest BCUT2D eigenvalue weighted by Crippen LogP contribution is 2.48. The first kappa shape index (κ1) is 13.6. The third-order valence-corrected chi connectivity index (χ3v) is 4.91. The maximum Gasteiger partial charge on any atom is 0.311 e. The molecule has 1 atom stereocenters. The molecule has 3 N–H and O–H groups in total. The Bertz CT molecular complexity index is 483. The summed E-state index contributed by atoms with van der Waals surface area (Å²) in [7, 11) is 0. The fraction of sp³-hybridized carbons (Fsp3) is 0.562. The van der Waals surface area contributed by atoms with Crippen LogP contribution < -0.4 is 5.73 Å². The number of rotatable bonds is 4. The number of hydrogen-bond donors (Lipinski definition) is 2. The Morgan fingerprint density at radius 1 is 1.35 bits per heavy atom. The Labute approximate surface area is 119 Å². The first-order valence-corrected chi connectivity index (χ1v) is 7.39. The van der Waals surface area contributed by atoms with E-state index in [4.69, 9.17) is 5.73 Å². The summed E-state index contributed by atoms with van der Waals surface area (Å²) in [6.45, 7) is 1.83. The number of carbonyl (C=O) groups is 1. The summed E-state index contributed by atoms with van der Waals surface area (Å²) in [4.78, 5) is 14.1. The van der Waals surface area contributed by atoms with E-state index in [1.54, 1.807) is 0 Å². The Kier molecular flexibility index (Phi) is 3.52. The van der Waals surface area contributed by atoms with E-state index in [0.29, 0.717) is 12.8 Å². The zero-order valence-electron chi connectivity index (χ0n) is 11.7. The number of nitrogens with zero attached hydrogens (tertiary/aromatic N) is 1. The van der Waals surface area contributed by atoms with Crippen LogP contribution in [0.2, 0.25) is 0 Å². The monoisotopic (exact) mass is 274 g/mol. The van der Waals surface area contributed by atoms with Gasteiger partial charge in [-0.05, 0) is 37.8 Å². The second kappa shape index (κ2) is 5.19. The average molecular weight is 274 g/mol. The molecular weight excluding hydrogens is 252 g/mol. The van der Waals surface area contributed by atoms with Crippen molar-refractivity contribution in [2.24, 2.45) is 11.1 Å². The fourth-order valence-electron chi connectivity index (χ4n) is 3.92.